The first-order valence-electron chi connectivity index (χ1n) is 9.60. The second-order valence-electron chi connectivity index (χ2n) is 7.09. The molecule has 2 heterocycles. The predicted molar refractivity (Wildman–Crippen MR) is 109 cm³/mol. The highest BCUT2D eigenvalue weighted by Gasteiger charge is 2.29. The highest BCUT2D eigenvalue weighted by molar-refractivity contribution is 5.86. The normalized spacial score (nSPS) is 17.5. The highest BCUT2D eigenvalue weighted by atomic mass is 16.6. The van der Waals surface area contributed by atoms with Crippen molar-refractivity contribution in [2.45, 2.75) is 32.2 Å². The van der Waals surface area contributed by atoms with Gasteiger partial charge in [-0.05, 0) is 50.5 Å². The molecule has 10 heteroatoms. The molecule has 10 nitrogen and oxygen atoms in total. The summed E-state index contributed by atoms with van der Waals surface area (Å²) in [7, 11) is 1.26. The largest absolute Gasteiger partial charge is 0.468 e. The van der Waals surface area contributed by atoms with E-state index in [2.05, 4.69) is 15.4 Å². The number of methoxy groups -OCH3 is 1. The van der Waals surface area contributed by atoms with Gasteiger partial charge in [-0.2, -0.15) is 0 Å². The molecule has 0 bridgehead atoms. The number of amides is 1. The molecule has 1 saturated heterocycles. The second-order valence-corrected chi connectivity index (χ2v) is 7.09. The van der Waals surface area contributed by atoms with Crippen LogP contribution >= 0.6 is 0 Å². The molecular formula is C20H24N4O6. The number of carbonyl (C=O) groups is 2. The number of rotatable bonds is 7. The number of carbonyl (C=O) groups excluding carboxylic acids is 2. The number of benzene rings is 1. The van der Waals surface area contributed by atoms with E-state index in [0.717, 1.165) is 30.2 Å². The molecule has 1 unspecified atom stereocenters. The van der Waals surface area contributed by atoms with Crippen LogP contribution in [-0.4, -0.2) is 47.9 Å². The Kier molecular flexibility index (Phi) is 6.55. The zero-order chi connectivity index (χ0) is 21.7. The summed E-state index contributed by atoms with van der Waals surface area (Å²) in [6.45, 7) is 2.13. The predicted octanol–water partition coefficient (Wildman–Crippen LogP) is 2.37. The summed E-state index contributed by atoms with van der Waals surface area (Å²) in [6.07, 6.45) is 2.76. The SMILES string of the molecule is COC(=O)CN1CCCCC(NC(=C[N+](=O)[O-])Nc2ccc3oc(C)cc3c2)C1=O. The summed E-state index contributed by atoms with van der Waals surface area (Å²) in [5, 5.41) is 17.9. The summed E-state index contributed by atoms with van der Waals surface area (Å²) in [4.78, 5) is 36.4. The molecule has 1 fully saturated rings. The Morgan fingerprint density at radius 2 is 2.20 bits per heavy atom. The van der Waals surface area contributed by atoms with Gasteiger partial charge in [0.05, 0.1) is 12.0 Å². The Morgan fingerprint density at radius 3 is 2.93 bits per heavy atom. The Bertz CT molecular complexity index is 983. The van der Waals surface area contributed by atoms with Crippen LogP contribution in [0.2, 0.25) is 0 Å². The van der Waals surface area contributed by atoms with Gasteiger partial charge in [-0.3, -0.25) is 19.7 Å². The molecule has 2 aromatic rings. The van der Waals surface area contributed by atoms with E-state index < -0.39 is 16.9 Å². The summed E-state index contributed by atoms with van der Waals surface area (Å²) < 4.78 is 10.2. The van der Waals surface area contributed by atoms with Crippen molar-refractivity contribution in [2.24, 2.45) is 0 Å². The van der Waals surface area contributed by atoms with Crippen molar-refractivity contribution >= 4 is 28.5 Å². The Balaban J connectivity index is 1.78. The minimum absolute atomic E-state index is 0.0813. The minimum Gasteiger partial charge on any atom is -0.468 e. The van der Waals surface area contributed by atoms with Crippen LogP contribution < -0.4 is 10.6 Å². The molecule has 0 saturated carbocycles. The molecule has 160 valence electrons. The van der Waals surface area contributed by atoms with Crippen molar-refractivity contribution in [3.8, 4) is 0 Å². The van der Waals surface area contributed by atoms with E-state index in [0.29, 0.717) is 24.2 Å². The number of aryl methyl sites for hydroxylation is 1. The topological polar surface area (TPSA) is 127 Å². The lowest BCUT2D eigenvalue weighted by Gasteiger charge is -2.25. The lowest BCUT2D eigenvalue weighted by Crippen LogP contribution is -2.47. The fraction of sp³-hybridized carbons (Fsp3) is 0.400. The summed E-state index contributed by atoms with van der Waals surface area (Å²) >= 11 is 0. The van der Waals surface area contributed by atoms with Crippen molar-refractivity contribution in [3.05, 3.63) is 52.2 Å². The molecule has 1 aliphatic heterocycles. The van der Waals surface area contributed by atoms with Crippen molar-refractivity contribution < 1.29 is 23.7 Å². The molecule has 1 aromatic heterocycles. The number of nitro groups is 1. The maximum Gasteiger partial charge on any atom is 0.325 e. The number of hydrogen-bond donors (Lipinski definition) is 2. The van der Waals surface area contributed by atoms with Gasteiger partial charge in [-0.1, -0.05) is 0 Å². The van der Waals surface area contributed by atoms with Crippen LogP contribution in [-0.2, 0) is 14.3 Å². The second kappa shape index (κ2) is 9.29. The van der Waals surface area contributed by atoms with E-state index in [1.165, 1.54) is 12.0 Å². The first kappa shape index (κ1) is 21.2. The van der Waals surface area contributed by atoms with Gasteiger partial charge < -0.3 is 24.7 Å². The van der Waals surface area contributed by atoms with E-state index in [1.807, 2.05) is 13.0 Å². The molecule has 1 amide bonds. The molecule has 1 aliphatic rings. The Morgan fingerprint density at radius 1 is 1.40 bits per heavy atom. The van der Waals surface area contributed by atoms with Crippen LogP contribution in [0.15, 0.2) is 40.7 Å². The fourth-order valence-electron chi connectivity index (χ4n) is 3.42. The van der Waals surface area contributed by atoms with E-state index in [4.69, 9.17) is 4.42 Å². The van der Waals surface area contributed by atoms with E-state index in [1.54, 1.807) is 18.2 Å². The maximum atomic E-state index is 12.9. The summed E-state index contributed by atoms with van der Waals surface area (Å²) in [5.41, 5.74) is 1.32. The minimum atomic E-state index is -0.698. The third-order valence-electron chi connectivity index (χ3n) is 4.81. The third-order valence-corrected chi connectivity index (χ3v) is 4.81. The van der Waals surface area contributed by atoms with Gasteiger partial charge in [0.2, 0.25) is 5.91 Å². The number of ether oxygens (including phenoxy) is 1. The van der Waals surface area contributed by atoms with E-state index in [-0.39, 0.29) is 18.3 Å². The fourth-order valence-corrected chi connectivity index (χ4v) is 3.42. The van der Waals surface area contributed by atoms with Gasteiger partial charge in [0.1, 0.15) is 23.9 Å². The van der Waals surface area contributed by atoms with Crippen molar-refractivity contribution in [2.75, 3.05) is 25.5 Å². The van der Waals surface area contributed by atoms with Crippen LogP contribution in [0.25, 0.3) is 11.0 Å². The molecule has 0 aliphatic carbocycles. The number of fused-ring (bicyclic) bond motifs is 1. The van der Waals surface area contributed by atoms with Crippen LogP contribution in [0, 0.1) is 17.0 Å². The van der Waals surface area contributed by atoms with Crippen LogP contribution in [0.5, 0.6) is 0 Å². The van der Waals surface area contributed by atoms with Gasteiger partial charge in [0, 0.05) is 17.6 Å². The highest BCUT2D eigenvalue weighted by Crippen LogP contribution is 2.23. The number of nitrogens with one attached hydrogen (secondary N) is 2. The summed E-state index contributed by atoms with van der Waals surface area (Å²) in [5.74, 6) is 0.0377. The molecule has 3 rings (SSSR count). The molecule has 0 radical (unpaired) electrons. The number of furan rings is 1. The molecular weight excluding hydrogens is 392 g/mol. The van der Waals surface area contributed by atoms with Crippen molar-refractivity contribution in [1.82, 2.24) is 10.2 Å². The lowest BCUT2D eigenvalue weighted by molar-refractivity contribution is -0.403. The number of likely N-dealkylation sites (tertiary alicyclic amines) is 1. The van der Waals surface area contributed by atoms with Gasteiger partial charge in [-0.15, -0.1) is 0 Å². The van der Waals surface area contributed by atoms with Gasteiger partial charge in [0.15, 0.2) is 5.82 Å². The maximum absolute atomic E-state index is 12.9. The van der Waals surface area contributed by atoms with Crippen LogP contribution in [0.1, 0.15) is 25.0 Å². The van der Waals surface area contributed by atoms with Crippen LogP contribution in [0.3, 0.4) is 0 Å². The summed E-state index contributed by atoms with van der Waals surface area (Å²) in [6, 6.07) is 6.47. The Hall–Kier alpha value is -3.56. The number of nitrogens with zero attached hydrogens (tertiary/aromatic N) is 2. The van der Waals surface area contributed by atoms with Gasteiger partial charge >= 0.3 is 5.97 Å². The van der Waals surface area contributed by atoms with Gasteiger partial charge in [0.25, 0.3) is 6.20 Å². The number of hydrogen-bond acceptors (Lipinski definition) is 8. The molecule has 1 atom stereocenters. The smallest absolute Gasteiger partial charge is 0.325 e. The molecule has 0 spiro atoms. The lowest BCUT2D eigenvalue weighted by atomic mass is 10.1. The van der Waals surface area contributed by atoms with Crippen LogP contribution in [0.4, 0.5) is 5.69 Å². The standard InChI is InChI=1S/C20H24N4O6/c1-13-9-14-10-15(6-7-17(14)30-13)21-18(11-24(27)28)22-16-5-3-4-8-23(20(16)26)12-19(25)29-2/h6-7,9-11,16,21-22H,3-5,8,12H2,1-2H3. The zero-order valence-corrected chi connectivity index (χ0v) is 16.8. The monoisotopic (exact) mass is 416 g/mol. The van der Waals surface area contributed by atoms with E-state index >= 15 is 0 Å². The average Bonchev–Trinajstić information content (AvgIpc) is 2.98. The van der Waals surface area contributed by atoms with E-state index in [9.17, 15) is 19.7 Å². The molecule has 30 heavy (non-hydrogen) atoms. The van der Waals surface area contributed by atoms with Gasteiger partial charge in [-0.25, -0.2) is 0 Å². The first-order valence-corrected chi connectivity index (χ1v) is 9.60. The Labute approximate surface area is 173 Å². The quantitative estimate of drug-likeness (QED) is 0.400. The third kappa shape index (κ3) is 5.28. The average molecular weight is 416 g/mol. The van der Waals surface area contributed by atoms with Crippen molar-refractivity contribution in [3.63, 3.8) is 0 Å². The van der Waals surface area contributed by atoms with Crippen molar-refractivity contribution in [1.29, 1.82) is 0 Å². The molecule has 1 aromatic carbocycles. The number of esters is 1. The molecule has 2 N–H and O–H groups in total. The first-order chi connectivity index (χ1) is 14.4. The zero-order valence-electron chi connectivity index (χ0n) is 16.8. The number of anilines is 1.